The molecule has 11 aromatic carbocycles. The minimum absolute atomic E-state index is 0.0859. The highest BCUT2D eigenvalue weighted by atomic mass is 32.2. The molecule has 0 saturated carbocycles. The van der Waals surface area contributed by atoms with E-state index < -0.39 is 9.84 Å². The van der Waals surface area contributed by atoms with Crippen molar-refractivity contribution < 1.29 is 8.42 Å². The number of fused-ring (bicyclic) bond motifs is 9. The van der Waals surface area contributed by atoms with Gasteiger partial charge in [0.05, 0.1) is 31.9 Å². The Balaban J connectivity index is 0.828. The molecule has 1 aliphatic carbocycles. The summed E-state index contributed by atoms with van der Waals surface area (Å²) in [5.41, 5.74) is 23.5. The molecule has 0 fully saturated rings. The lowest BCUT2D eigenvalue weighted by molar-refractivity contribution is 0.398. The molecular formula is C84H78N2O2S. The third kappa shape index (κ3) is 10.9. The molecular weight excluding hydrogens is 1100 g/mol. The molecule has 2 aromatic heterocycles. The van der Waals surface area contributed by atoms with E-state index >= 15 is 0 Å². The molecule has 442 valence electrons. The zero-order valence-electron chi connectivity index (χ0n) is 51.7. The number of unbranched alkanes of at least 4 members (excludes halogenated alkanes) is 10. The van der Waals surface area contributed by atoms with E-state index in [1.807, 2.05) is 18.2 Å². The molecule has 0 radical (unpaired) electrons. The number of aromatic nitrogens is 2. The Labute approximate surface area is 526 Å². The van der Waals surface area contributed by atoms with Crippen molar-refractivity contribution in [1.29, 1.82) is 0 Å². The van der Waals surface area contributed by atoms with Gasteiger partial charge in [-0.25, -0.2) is 8.42 Å². The molecule has 0 saturated heterocycles. The lowest BCUT2D eigenvalue weighted by Gasteiger charge is -2.33. The minimum atomic E-state index is -3.65. The topological polar surface area (TPSA) is 44.0 Å². The molecule has 2 heterocycles. The standard InChI is InChI=1S/C84H78N2O2S/c1-4-6-8-10-12-24-50-84(51-25-13-11-9-7-5-2)78-57-65(62-36-34-61(35-37-62)60-26-16-14-17-27-60)38-46-72(78)73-47-39-66(58-79(73)84)67-52-59(3)53-69(54-67)86-81-33-23-21-31-75(81)77-56-64(41-49-83(77)86)63-40-48-82-76(55-63)74-30-20-22-32-80(74)85(82)68-42-44-71(45-43-68)89(87,88)70-28-18-15-19-29-70/h14-23,26-49,52-58H,4-13,24-25,50-51H2,1-3H3. The number of rotatable bonds is 22. The van der Waals surface area contributed by atoms with Crippen molar-refractivity contribution in [3.8, 4) is 67.0 Å². The van der Waals surface area contributed by atoms with Crippen LogP contribution in [0, 0.1) is 6.92 Å². The van der Waals surface area contributed by atoms with Crippen LogP contribution in [0.1, 0.15) is 120 Å². The number of aryl methyl sites for hydroxylation is 1. The molecule has 0 amide bonds. The van der Waals surface area contributed by atoms with Crippen LogP contribution in [-0.4, -0.2) is 17.6 Å². The summed E-state index contributed by atoms with van der Waals surface area (Å²) in [5.74, 6) is 0. The first-order valence-electron chi connectivity index (χ1n) is 32.8. The summed E-state index contributed by atoms with van der Waals surface area (Å²) in [6.45, 7) is 6.90. The monoisotopic (exact) mass is 1180 g/mol. The zero-order chi connectivity index (χ0) is 60.5. The molecule has 14 rings (SSSR count). The lowest BCUT2D eigenvalue weighted by Crippen LogP contribution is -2.25. The summed E-state index contributed by atoms with van der Waals surface area (Å²) in [6.07, 6.45) is 17.7. The molecule has 0 bridgehead atoms. The molecule has 0 atom stereocenters. The SMILES string of the molecule is CCCCCCCCC1(CCCCCCCC)c2cc(-c3ccc(-c4ccccc4)cc3)ccc2-c2ccc(-c3cc(C)cc(-n4c5ccccc5c5cc(-c6ccc7c(c6)c6ccccc6n7-c6ccc(S(=O)(=O)c7ccccc7)cc6)ccc54)c3)cc21. The maximum Gasteiger partial charge on any atom is 0.206 e. The summed E-state index contributed by atoms with van der Waals surface area (Å²) in [7, 11) is -3.65. The van der Waals surface area contributed by atoms with Crippen LogP contribution in [0.3, 0.4) is 0 Å². The molecule has 5 heteroatoms. The fourth-order valence-corrected chi connectivity index (χ4v) is 16.1. The molecule has 0 unspecified atom stereocenters. The molecule has 89 heavy (non-hydrogen) atoms. The van der Waals surface area contributed by atoms with Gasteiger partial charge in [-0.2, -0.15) is 0 Å². The van der Waals surface area contributed by atoms with E-state index in [1.165, 1.54) is 160 Å². The van der Waals surface area contributed by atoms with Crippen LogP contribution in [-0.2, 0) is 15.3 Å². The molecule has 1 aliphatic rings. The number of para-hydroxylation sites is 2. The van der Waals surface area contributed by atoms with Crippen molar-refractivity contribution in [1.82, 2.24) is 9.13 Å². The van der Waals surface area contributed by atoms with Gasteiger partial charge in [-0.15, -0.1) is 0 Å². The Morgan fingerprint density at radius 2 is 0.719 bits per heavy atom. The predicted octanol–water partition coefficient (Wildman–Crippen LogP) is 23.5. The summed E-state index contributed by atoms with van der Waals surface area (Å²) >= 11 is 0. The van der Waals surface area contributed by atoms with Crippen LogP contribution in [0.25, 0.3) is 111 Å². The van der Waals surface area contributed by atoms with E-state index in [0.717, 1.165) is 57.1 Å². The third-order valence-electron chi connectivity index (χ3n) is 19.4. The van der Waals surface area contributed by atoms with Crippen molar-refractivity contribution in [3.05, 3.63) is 265 Å². The van der Waals surface area contributed by atoms with E-state index in [9.17, 15) is 8.42 Å². The second-order valence-electron chi connectivity index (χ2n) is 25.1. The Hall–Kier alpha value is -9.03. The molecule has 0 N–H and O–H groups in total. The van der Waals surface area contributed by atoms with Crippen LogP contribution in [0.4, 0.5) is 0 Å². The third-order valence-corrected chi connectivity index (χ3v) is 21.2. The fourth-order valence-electron chi connectivity index (χ4n) is 14.8. The van der Waals surface area contributed by atoms with E-state index in [2.05, 4.69) is 224 Å². The maximum absolute atomic E-state index is 13.6. The highest BCUT2D eigenvalue weighted by Crippen LogP contribution is 2.56. The lowest BCUT2D eigenvalue weighted by atomic mass is 9.70. The van der Waals surface area contributed by atoms with Gasteiger partial charge in [0.1, 0.15) is 0 Å². The Bertz CT molecular complexity index is 4800. The summed E-state index contributed by atoms with van der Waals surface area (Å²) in [4.78, 5) is 0.563. The van der Waals surface area contributed by atoms with E-state index in [4.69, 9.17) is 0 Å². The van der Waals surface area contributed by atoms with Crippen LogP contribution in [0.5, 0.6) is 0 Å². The average Bonchev–Trinajstić information content (AvgIpc) is 1.63. The van der Waals surface area contributed by atoms with Gasteiger partial charge in [0.25, 0.3) is 0 Å². The van der Waals surface area contributed by atoms with Gasteiger partial charge in [-0.05, 0) is 189 Å². The van der Waals surface area contributed by atoms with Crippen LogP contribution in [0.15, 0.2) is 259 Å². The van der Waals surface area contributed by atoms with Gasteiger partial charge in [0, 0.05) is 38.3 Å². The summed E-state index contributed by atoms with van der Waals surface area (Å²) in [6, 6.07) is 89.2. The molecule has 0 spiro atoms. The first-order valence-corrected chi connectivity index (χ1v) is 34.2. The Kier molecular flexibility index (Phi) is 16.1. The predicted molar refractivity (Wildman–Crippen MR) is 376 cm³/mol. The van der Waals surface area contributed by atoms with Crippen LogP contribution < -0.4 is 0 Å². The number of benzene rings is 11. The Morgan fingerprint density at radius 3 is 1.27 bits per heavy atom. The van der Waals surface area contributed by atoms with E-state index in [1.54, 1.807) is 36.4 Å². The van der Waals surface area contributed by atoms with Crippen molar-refractivity contribution in [2.24, 2.45) is 0 Å². The van der Waals surface area contributed by atoms with Crippen molar-refractivity contribution >= 4 is 53.4 Å². The Morgan fingerprint density at radius 1 is 0.315 bits per heavy atom. The van der Waals surface area contributed by atoms with Crippen molar-refractivity contribution in [2.45, 2.75) is 126 Å². The van der Waals surface area contributed by atoms with Crippen molar-refractivity contribution in [3.63, 3.8) is 0 Å². The van der Waals surface area contributed by atoms with Crippen LogP contribution in [0.2, 0.25) is 0 Å². The average molecular weight is 1180 g/mol. The fraction of sp³-hybridized carbons (Fsp3) is 0.214. The van der Waals surface area contributed by atoms with Gasteiger partial charge in [0.15, 0.2) is 0 Å². The van der Waals surface area contributed by atoms with Gasteiger partial charge >= 0.3 is 0 Å². The van der Waals surface area contributed by atoms with Gasteiger partial charge in [-0.3, -0.25) is 0 Å². The normalized spacial score (nSPS) is 12.8. The van der Waals surface area contributed by atoms with Gasteiger partial charge in [-0.1, -0.05) is 243 Å². The van der Waals surface area contributed by atoms with Crippen LogP contribution >= 0.6 is 0 Å². The van der Waals surface area contributed by atoms with E-state index in [0.29, 0.717) is 0 Å². The summed E-state index contributed by atoms with van der Waals surface area (Å²) < 4.78 is 31.9. The highest BCUT2D eigenvalue weighted by Gasteiger charge is 2.43. The van der Waals surface area contributed by atoms with Gasteiger partial charge in [0.2, 0.25) is 9.84 Å². The quantitative estimate of drug-likeness (QED) is 0.0635. The second kappa shape index (κ2) is 24.9. The van der Waals surface area contributed by atoms with Gasteiger partial charge < -0.3 is 9.13 Å². The first-order chi connectivity index (χ1) is 43.7. The maximum atomic E-state index is 13.6. The number of hydrogen-bond donors (Lipinski definition) is 0. The highest BCUT2D eigenvalue weighted by molar-refractivity contribution is 7.91. The number of hydrogen-bond acceptors (Lipinski definition) is 2. The van der Waals surface area contributed by atoms with Crippen molar-refractivity contribution in [2.75, 3.05) is 0 Å². The molecule has 13 aromatic rings. The zero-order valence-corrected chi connectivity index (χ0v) is 52.5. The summed E-state index contributed by atoms with van der Waals surface area (Å²) in [5, 5.41) is 4.72. The number of nitrogens with zero attached hydrogens (tertiary/aromatic N) is 2. The smallest absolute Gasteiger partial charge is 0.206 e. The van der Waals surface area contributed by atoms with E-state index in [-0.39, 0.29) is 15.2 Å². The first kappa shape index (κ1) is 57.7. The molecule has 0 aliphatic heterocycles. The number of sulfone groups is 1. The second-order valence-corrected chi connectivity index (χ2v) is 27.1. The minimum Gasteiger partial charge on any atom is -0.309 e. The molecule has 4 nitrogen and oxygen atoms in total. The largest absolute Gasteiger partial charge is 0.309 e.